The van der Waals surface area contributed by atoms with Crippen LogP contribution in [0.5, 0.6) is 0 Å². The van der Waals surface area contributed by atoms with Gasteiger partial charge in [0.1, 0.15) is 0 Å². The predicted octanol–water partition coefficient (Wildman–Crippen LogP) is 1.00. The number of rotatable bonds is 2. The average Bonchev–Trinajstić information content (AvgIpc) is 2.39. The summed E-state index contributed by atoms with van der Waals surface area (Å²) in [7, 11) is 0. The molecule has 0 spiro atoms. The molecule has 2 atom stereocenters. The van der Waals surface area contributed by atoms with E-state index in [1.54, 1.807) is 0 Å². The van der Waals surface area contributed by atoms with E-state index in [1.165, 1.54) is 11.8 Å². The Bertz CT molecular complexity index is 152. The van der Waals surface area contributed by atoms with E-state index in [1.807, 2.05) is 0 Å². The summed E-state index contributed by atoms with van der Waals surface area (Å²) >= 11 is 11.3. The standard InChI is InChI=1S/C4H2Cl2O2S/c5-3(7)1-2(9-1)4(6)8/h1-2H. The van der Waals surface area contributed by atoms with E-state index in [-0.39, 0.29) is 10.5 Å². The molecule has 0 aromatic carbocycles. The van der Waals surface area contributed by atoms with Crippen molar-refractivity contribution in [2.75, 3.05) is 0 Å². The zero-order chi connectivity index (χ0) is 7.02. The first kappa shape index (κ1) is 7.38. The fourth-order valence-electron chi connectivity index (χ4n) is 0.458. The quantitative estimate of drug-likeness (QED) is 0.475. The molecule has 0 bridgehead atoms. The van der Waals surface area contributed by atoms with Gasteiger partial charge < -0.3 is 0 Å². The third kappa shape index (κ3) is 1.60. The van der Waals surface area contributed by atoms with Crippen LogP contribution in [0.4, 0.5) is 0 Å². The van der Waals surface area contributed by atoms with Gasteiger partial charge >= 0.3 is 0 Å². The fraction of sp³-hybridized carbons (Fsp3) is 0.500. The van der Waals surface area contributed by atoms with Gasteiger partial charge in [-0.05, 0) is 23.2 Å². The molecule has 2 unspecified atom stereocenters. The van der Waals surface area contributed by atoms with Crippen LogP contribution in [0.3, 0.4) is 0 Å². The maximum Gasteiger partial charge on any atom is 0.236 e. The van der Waals surface area contributed by atoms with Crippen LogP contribution in [-0.4, -0.2) is 21.0 Å². The molecular formula is C4H2Cl2O2S. The Morgan fingerprint density at radius 1 is 1.11 bits per heavy atom. The summed E-state index contributed by atoms with van der Waals surface area (Å²) in [6.07, 6.45) is 0. The third-order valence-electron chi connectivity index (χ3n) is 0.939. The van der Waals surface area contributed by atoms with Gasteiger partial charge in [-0.25, -0.2) is 0 Å². The largest absolute Gasteiger partial charge is 0.280 e. The van der Waals surface area contributed by atoms with Crippen molar-refractivity contribution in [2.45, 2.75) is 10.5 Å². The van der Waals surface area contributed by atoms with Crippen molar-refractivity contribution in [3.63, 3.8) is 0 Å². The molecule has 1 heterocycles. The molecule has 0 N–H and O–H groups in total. The molecule has 0 aromatic heterocycles. The molecule has 0 amide bonds. The monoisotopic (exact) mass is 184 g/mol. The van der Waals surface area contributed by atoms with Gasteiger partial charge in [0.25, 0.3) is 0 Å². The zero-order valence-electron chi connectivity index (χ0n) is 4.14. The minimum Gasteiger partial charge on any atom is -0.280 e. The number of hydrogen-bond donors (Lipinski definition) is 0. The van der Waals surface area contributed by atoms with E-state index in [2.05, 4.69) is 0 Å². The van der Waals surface area contributed by atoms with Crippen LogP contribution in [0.15, 0.2) is 0 Å². The van der Waals surface area contributed by atoms with Gasteiger partial charge in [0.2, 0.25) is 10.5 Å². The van der Waals surface area contributed by atoms with Crippen molar-refractivity contribution in [3.05, 3.63) is 0 Å². The van der Waals surface area contributed by atoms with E-state index in [9.17, 15) is 9.59 Å². The van der Waals surface area contributed by atoms with Crippen molar-refractivity contribution >= 4 is 45.4 Å². The van der Waals surface area contributed by atoms with Crippen LogP contribution in [0, 0.1) is 0 Å². The lowest BCUT2D eigenvalue weighted by Gasteiger charge is -1.79. The molecule has 1 rings (SSSR count). The Morgan fingerprint density at radius 2 is 1.44 bits per heavy atom. The summed E-state index contributed by atoms with van der Waals surface area (Å²) < 4.78 is 0. The Hall–Kier alpha value is 0.270. The zero-order valence-corrected chi connectivity index (χ0v) is 6.46. The molecule has 1 saturated heterocycles. The van der Waals surface area contributed by atoms with Crippen LogP contribution >= 0.6 is 35.0 Å². The number of carbonyl (C=O) groups is 2. The van der Waals surface area contributed by atoms with E-state index in [0.717, 1.165) is 0 Å². The highest BCUT2D eigenvalue weighted by molar-refractivity contribution is 8.09. The molecule has 0 saturated carbocycles. The van der Waals surface area contributed by atoms with E-state index >= 15 is 0 Å². The average molecular weight is 185 g/mol. The molecule has 1 aliphatic heterocycles. The summed E-state index contributed by atoms with van der Waals surface area (Å²) in [5.41, 5.74) is 0. The van der Waals surface area contributed by atoms with Gasteiger partial charge in [-0.15, -0.1) is 11.8 Å². The SMILES string of the molecule is O=C(Cl)C1SC1C(=O)Cl. The maximum absolute atomic E-state index is 10.3. The van der Waals surface area contributed by atoms with E-state index in [0.29, 0.717) is 0 Å². The smallest absolute Gasteiger partial charge is 0.236 e. The Morgan fingerprint density at radius 3 is 1.56 bits per heavy atom. The lowest BCUT2D eigenvalue weighted by atomic mass is 10.4. The number of hydrogen-bond acceptors (Lipinski definition) is 3. The van der Waals surface area contributed by atoms with Crippen LogP contribution < -0.4 is 0 Å². The van der Waals surface area contributed by atoms with Crippen LogP contribution in [0.2, 0.25) is 0 Å². The second kappa shape index (κ2) is 2.48. The van der Waals surface area contributed by atoms with Crippen LogP contribution in [0.1, 0.15) is 0 Å². The van der Waals surface area contributed by atoms with Crippen molar-refractivity contribution in [1.29, 1.82) is 0 Å². The molecule has 1 aliphatic rings. The molecule has 50 valence electrons. The first-order valence-corrected chi connectivity index (χ1v) is 3.87. The third-order valence-corrected chi connectivity index (χ3v) is 2.91. The highest BCUT2D eigenvalue weighted by Crippen LogP contribution is 2.43. The number of thioether (sulfide) groups is 1. The molecule has 1 fully saturated rings. The predicted molar refractivity (Wildman–Crippen MR) is 36.9 cm³/mol. The van der Waals surface area contributed by atoms with Gasteiger partial charge in [-0.1, -0.05) is 0 Å². The minimum atomic E-state index is -0.487. The summed E-state index contributed by atoms with van der Waals surface area (Å²) in [5, 5.41) is -1.73. The fourth-order valence-corrected chi connectivity index (χ4v) is 1.85. The number of carbonyl (C=O) groups excluding carboxylic acids is 2. The van der Waals surface area contributed by atoms with E-state index < -0.39 is 10.5 Å². The molecule has 5 heteroatoms. The first-order valence-electron chi connectivity index (χ1n) is 2.17. The summed E-state index contributed by atoms with van der Waals surface area (Å²) in [6.45, 7) is 0. The number of halogens is 2. The Balaban J connectivity index is 2.42. The van der Waals surface area contributed by atoms with Crippen molar-refractivity contribution < 1.29 is 9.59 Å². The molecule has 0 radical (unpaired) electrons. The Labute approximate surface area is 65.9 Å². The van der Waals surface area contributed by atoms with Gasteiger partial charge in [0, 0.05) is 0 Å². The van der Waals surface area contributed by atoms with Crippen molar-refractivity contribution in [1.82, 2.24) is 0 Å². The highest BCUT2D eigenvalue weighted by atomic mass is 35.5. The lowest BCUT2D eigenvalue weighted by molar-refractivity contribution is -0.114. The summed E-state index contributed by atoms with van der Waals surface area (Å²) in [6, 6.07) is 0. The Kier molecular flexibility index (Phi) is 2.03. The second-order valence-corrected chi connectivity index (χ2v) is 3.62. The molecule has 0 aromatic rings. The van der Waals surface area contributed by atoms with Crippen LogP contribution in [0.25, 0.3) is 0 Å². The van der Waals surface area contributed by atoms with Crippen LogP contribution in [-0.2, 0) is 9.59 Å². The summed E-state index contributed by atoms with van der Waals surface area (Å²) in [5.74, 6) is 0. The van der Waals surface area contributed by atoms with Gasteiger partial charge in [-0.3, -0.25) is 9.59 Å². The minimum absolute atomic E-state index is 0.378. The molecular weight excluding hydrogens is 183 g/mol. The molecule has 0 aliphatic carbocycles. The van der Waals surface area contributed by atoms with E-state index in [4.69, 9.17) is 23.2 Å². The lowest BCUT2D eigenvalue weighted by Crippen LogP contribution is -2.06. The van der Waals surface area contributed by atoms with Crippen molar-refractivity contribution in [2.24, 2.45) is 0 Å². The van der Waals surface area contributed by atoms with Crippen molar-refractivity contribution in [3.8, 4) is 0 Å². The first-order chi connectivity index (χ1) is 4.13. The maximum atomic E-state index is 10.3. The second-order valence-electron chi connectivity index (χ2n) is 1.59. The topological polar surface area (TPSA) is 34.1 Å². The van der Waals surface area contributed by atoms with Gasteiger partial charge in [0.15, 0.2) is 0 Å². The summed E-state index contributed by atoms with van der Waals surface area (Å²) in [4.78, 5) is 20.5. The highest BCUT2D eigenvalue weighted by Gasteiger charge is 2.47. The normalized spacial score (nSPS) is 31.8. The van der Waals surface area contributed by atoms with Gasteiger partial charge in [-0.2, -0.15) is 0 Å². The van der Waals surface area contributed by atoms with Gasteiger partial charge in [0.05, 0.1) is 10.5 Å². The molecule has 9 heavy (non-hydrogen) atoms. The molecule has 2 nitrogen and oxygen atoms in total.